The van der Waals surface area contributed by atoms with E-state index in [0.717, 1.165) is 11.3 Å². The second-order valence-electron chi connectivity index (χ2n) is 3.51. The maximum Gasteiger partial charge on any atom is 0.307 e. The molecular weight excluding hydrogens is 256 g/mol. The molecule has 3 N–H and O–H groups in total. The molecule has 0 bridgehead atoms. The molecule has 0 saturated heterocycles. The highest BCUT2D eigenvalue weighted by Gasteiger charge is 2.16. The first kappa shape index (κ1) is 12.3. The van der Waals surface area contributed by atoms with Crippen LogP contribution in [-0.2, 0) is 6.54 Å². The summed E-state index contributed by atoms with van der Waals surface area (Å²) in [7, 11) is 0. The van der Waals surface area contributed by atoms with Gasteiger partial charge in [-0.15, -0.1) is 0 Å². The van der Waals surface area contributed by atoms with E-state index in [4.69, 9.17) is 5.84 Å². The summed E-state index contributed by atoms with van der Waals surface area (Å²) in [6.45, 7) is 0.240. The van der Waals surface area contributed by atoms with Crippen LogP contribution in [0.3, 0.4) is 0 Å². The maximum atomic E-state index is 11.4. The SMILES string of the molecule is NNc1c(Cn2ccsc2=O)cccc1[N+](=O)[O-]. The molecule has 1 aromatic heterocycles. The Bertz CT molecular complexity index is 634. The van der Waals surface area contributed by atoms with Gasteiger partial charge in [-0.3, -0.25) is 20.8 Å². The van der Waals surface area contributed by atoms with E-state index in [0.29, 0.717) is 5.56 Å². The lowest BCUT2D eigenvalue weighted by molar-refractivity contribution is -0.384. The van der Waals surface area contributed by atoms with Gasteiger partial charge < -0.3 is 9.99 Å². The smallest absolute Gasteiger partial charge is 0.307 e. The van der Waals surface area contributed by atoms with Gasteiger partial charge in [0.1, 0.15) is 5.69 Å². The number of nitrogens with one attached hydrogen (secondary N) is 1. The molecule has 0 fully saturated rings. The third kappa shape index (κ3) is 2.24. The molecule has 8 heteroatoms. The van der Waals surface area contributed by atoms with Crippen LogP contribution < -0.4 is 16.1 Å². The largest absolute Gasteiger partial charge is 0.318 e. The minimum absolute atomic E-state index is 0.113. The van der Waals surface area contributed by atoms with Gasteiger partial charge in [-0.2, -0.15) is 0 Å². The Labute approximate surface area is 106 Å². The predicted octanol–water partition coefficient (Wildman–Crippen LogP) is 1.15. The highest BCUT2D eigenvalue weighted by atomic mass is 32.1. The van der Waals surface area contributed by atoms with Crippen LogP contribution in [0.25, 0.3) is 0 Å². The monoisotopic (exact) mass is 266 g/mol. The third-order valence-electron chi connectivity index (χ3n) is 2.45. The van der Waals surface area contributed by atoms with E-state index in [-0.39, 0.29) is 22.8 Å². The molecule has 94 valence electrons. The van der Waals surface area contributed by atoms with E-state index in [1.807, 2.05) is 0 Å². The number of hydrogen-bond donors (Lipinski definition) is 2. The van der Waals surface area contributed by atoms with Crippen LogP contribution in [0.5, 0.6) is 0 Å². The zero-order chi connectivity index (χ0) is 13.1. The number of para-hydroxylation sites is 1. The number of nitrogens with two attached hydrogens (primary N) is 1. The summed E-state index contributed by atoms with van der Waals surface area (Å²) in [5.74, 6) is 5.32. The van der Waals surface area contributed by atoms with Crippen LogP contribution in [0.4, 0.5) is 11.4 Å². The summed E-state index contributed by atoms with van der Waals surface area (Å²) in [6.07, 6.45) is 1.63. The van der Waals surface area contributed by atoms with Crippen LogP contribution in [0.15, 0.2) is 34.6 Å². The lowest BCUT2D eigenvalue weighted by Crippen LogP contribution is -2.16. The number of rotatable bonds is 4. The second kappa shape index (κ2) is 4.98. The van der Waals surface area contributed by atoms with Crippen LogP contribution >= 0.6 is 11.3 Å². The Morgan fingerprint density at radius 3 is 2.83 bits per heavy atom. The second-order valence-corrected chi connectivity index (χ2v) is 4.37. The van der Waals surface area contributed by atoms with Crippen molar-refractivity contribution in [2.75, 3.05) is 5.43 Å². The number of nitrogen functional groups attached to an aromatic ring is 1. The lowest BCUT2D eigenvalue weighted by Gasteiger charge is -2.09. The highest BCUT2D eigenvalue weighted by molar-refractivity contribution is 7.07. The van der Waals surface area contributed by atoms with E-state index < -0.39 is 4.92 Å². The topological polar surface area (TPSA) is 103 Å². The van der Waals surface area contributed by atoms with E-state index >= 15 is 0 Å². The van der Waals surface area contributed by atoms with Gasteiger partial charge in [0.25, 0.3) is 5.69 Å². The fraction of sp³-hybridized carbons (Fsp3) is 0.100. The van der Waals surface area contributed by atoms with Gasteiger partial charge in [-0.25, -0.2) is 0 Å². The van der Waals surface area contributed by atoms with Crippen molar-refractivity contribution in [2.24, 2.45) is 5.84 Å². The molecule has 0 amide bonds. The van der Waals surface area contributed by atoms with Crippen LogP contribution in [0.2, 0.25) is 0 Å². The number of nitrogens with zero attached hydrogens (tertiary/aromatic N) is 2. The molecule has 0 saturated carbocycles. The van der Waals surface area contributed by atoms with Gasteiger partial charge in [0.05, 0.1) is 11.5 Å². The molecule has 0 unspecified atom stereocenters. The molecule has 2 rings (SSSR count). The normalized spacial score (nSPS) is 10.3. The van der Waals surface area contributed by atoms with Gasteiger partial charge in [-0.1, -0.05) is 23.5 Å². The highest BCUT2D eigenvalue weighted by Crippen LogP contribution is 2.27. The minimum Gasteiger partial charge on any atom is -0.318 e. The molecule has 0 atom stereocenters. The Morgan fingerprint density at radius 1 is 1.50 bits per heavy atom. The summed E-state index contributed by atoms with van der Waals surface area (Å²) in [5.41, 5.74) is 3.02. The Balaban J connectivity index is 2.45. The molecule has 0 radical (unpaired) electrons. The van der Waals surface area contributed by atoms with Crippen molar-refractivity contribution in [3.63, 3.8) is 0 Å². The average Bonchev–Trinajstić information content (AvgIpc) is 2.74. The fourth-order valence-electron chi connectivity index (χ4n) is 1.63. The molecular formula is C10H10N4O3S. The summed E-state index contributed by atoms with van der Waals surface area (Å²) in [4.78, 5) is 21.6. The molecule has 1 heterocycles. The van der Waals surface area contributed by atoms with Crippen molar-refractivity contribution in [3.8, 4) is 0 Å². The Hall–Kier alpha value is -2.19. The van der Waals surface area contributed by atoms with Crippen LogP contribution in [0.1, 0.15) is 5.56 Å². The quantitative estimate of drug-likeness (QED) is 0.491. The summed E-state index contributed by atoms with van der Waals surface area (Å²) in [5, 5.41) is 12.5. The van der Waals surface area contributed by atoms with Crippen molar-refractivity contribution >= 4 is 22.7 Å². The van der Waals surface area contributed by atoms with E-state index in [2.05, 4.69) is 5.43 Å². The number of aromatic nitrogens is 1. The Kier molecular flexibility index (Phi) is 3.40. The maximum absolute atomic E-state index is 11.4. The minimum atomic E-state index is -0.519. The van der Waals surface area contributed by atoms with Gasteiger partial charge in [0, 0.05) is 23.2 Å². The van der Waals surface area contributed by atoms with Gasteiger partial charge in [0.2, 0.25) is 0 Å². The average molecular weight is 266 g/mol. The Morgan fingerprint density at radius 2 is 2.28 bits per heavy atom. The first-order valence-electron chi connectivity index (χ1n) is 5.00. The molecule has 0 aliphatic carbocycles. The molecule has 0 spiro atoms. The van der Waals surface area contributed by atoms with Gasteiger partial charge in [0.15, 0.2) is 0 Å². The number of anilines is 1. The number of nitro benzene ring substituents is 1. The van der Waals surface area contributed by atoms with Gasteiger partial charge >= 0.3 is 4.87 Å². The number of thiazole rings is 1. The van der Waals surface area contributed by atoms with E-state index in [1.54, 1.807) is 23.7 Å². The zero-order valence-electron chi connectivity index (χ0n) is 9.20. The van der Waals surface area contributed by atoms with Crippen molar-refractivity contribution in [1.82, 2.24) is 4.57 Å². The molecule has 2 aromatic rings. The van der Waals surface area contributed by atoms with Gasteiger partial charge in [-0.05, 0) is 0 Å². The number of nitro groups is 1. The van der Waals surface area contributed by atoms with Crippen LogP contribution in [-0.4, -0.2) is 9.49 Å². The molecule has 0 aliphatic heterocycles. The zero-order valence-corrected chi connectivity index (χ0v) is 10.0. The third-order valence-corrected chi connectivity index (χ3v) is 3.15. The standard InChI is InChI=1S/C10H10N4O3S/c11-12-9-7(2-1-3-8(9)14(16)17)6-13-4-5-18-10(13)15/h1-5,12H,6,11H2. The molecule has 18 heavy (non-hydrogen) atoms. The molecule has 0 aliphatic rings. The first-order valence-corrected chi connectivity index (χ1v) is 5.88. The van der Waals surface area contributed by atoms with Crippen molar-refractivity contribution < 1.29 is 4.92 Å². The molecule has 7 nitrogen and oxygen atoms in total. The van der Waals surface area contributed by atoms with Crippen molar-refractivity contribution in [1.29, 1.82) is 0 Å². The van der Waals surface area contributed by atoms with E-state index in [1.165, 1.54) is 10.6 Å². The number of hydrazine groups is 1. The summed E-state index contributed by atoms with van der Waals surface area (Å²) >= 11 is 1.07. The van der Waals surface area contributed by atoms with Crippen molar-refractivity contribution in [3.05, 3.63) is 55.1 Å². The first-order chi connectivity index (χ1) is 8.63. The van der Waals surface area contributed by atoms with Crippen LogP contribution in [0, 0.1) is 10.1 Å². The lowest BCUT2D eigenvalue weighted by atomic mass is 10.1. The van der Waals surface area contributed by atoms with E-state index in [9.17, 15) is 14.9 Å². The van der Waals surface area contributed by atoms with Crippen molar-refractivity contribution in [2.45, 2.75) is 6.54 Å². The summed E-state index contributed by atoms with van der Waals surface area (Å²) in [6, 6.07) is 4.60. The molecule has 1 aromatic carbocycles. The fourth-order valence-corrected chi connectivity index (χ4v) is 2.21. The summed E-state index contributed by atoms with van der Waals surface area (Å²) < 4.78 is 1.46. The number of hydrogen-bond acceptors (Lipinski definition) is 6. The predicted molar refractivity (Wildman–Crippen MR) is 68.6 cm³/mol. The number of benzene rings is 1.